The van der Waals surface area contributed by atoms with Gasteiger partial charge in [-0.25, -0.2) is 0 Å². The number of allylic oxidation sites excluding steroid dienone is 2. The predicted octanol–water partition coefficient (Wildman–Crippen LogP) is 5.64. The molecule has 0 aromatic rings. The Morgan fingerprint density at radius 3 is 2.51 bits per heavy atom. The van der Waals surface area contributed by atoms with Crippen LogP contribution in [0.1, 0.15) is 92.9 Å². The van der Waals surface area contributed by atoms with Crippen LogP contribution in [0, 0.1) is 40.4 Å². The summed E-state index contributed by atoms with van der Waals surface area (Å²) in [5.41, 5.74) is 1.23. The molecule has 8 unspecified atom stereocenters. The molecule has 0 amide bonds. The second-order valence-electron chi connectivity index (χ2n) is 12.5. The number of carbonyl (C=O) groups is 2. The first-order valence-electron chi connectivity index (χ1n) is 13.8. The first-order valence-corrected chi connectivity index (χ1v) is 13.8. The van der Waals surface area contributed by atoms with Crippen LogP contribution in [0.5, 0.6) is 0 Å². The molecule has 0 radical (unpaired) electrons. The summed E-state index contributed by atoms with van der Waals surface area (Å²) in [6.45, 7) is 16.7. The van der Waals surface area contributed by atoms with Crippen molar-refractivity contribution in [3.05, 3.63) is 23.8 Å². The standard InChI is InChI=1S/C30H48O5/c1-18(2)19(3)8-9-20(4)24-10-11-25(29(24,6)14-15-31)23-17-27(33)26-16-22(35-21(5)32)12-13-30(26,7)28(23)34/h17-18,20,22,24-27,31,33H,3,8-16H2,1-2,4-7H3. The van der Waals surface area contributed by atoms with E-state index in [0.717, 1.165) is 31.3 Å². The van der Waals surface area contributed by atoms with E-state index < -0.39 is 11.5 Å². The van der Waals surface area contributed by atoms with Crippen molar-refractivity contribution in [2.24, 2.45) is 40.4 Å². The quantitative estimate of drug-likeness (QED) is 0.324. The maximum atomic E-state index is 14.0. The summed E-state index contributed by atoms with van der Waals surface area (Å²) in [5, 5.41) is 21.3. The predicted molar refractivity (Wildman–Crippen MR) is 138 cm³/mol. The van der Waals surface area contributed by atoms with Gasteiger partial charge in [-0.15, -0.1) is 0 Å². The Balaban J connectivity index is 1.84. The molecule has 0 aliphatic heterocycles. The van der Waals surface area contributed by atoms with E-state index in [1.807, 2.05) is 13.0 Å². The van der Waals surface area contributed by atoms with Gasteiger partial charge in [0, 0.05) is 24.9 Å². The first kappa shape index (κ1) is 28.1. The van der Waals surface area contributed by atoms with E-state index in [4.69, 9.17) is 4.74 Å². The molecule has 8 atom stereocenters. The van der Waals surface area contributed by atoms with E-state index in [2.05, 4.69) is 34.3 Å². The van der Waals surface area contributed by atoms with Crippen molar-refractivity contribution < 1.29 is 24.5 Å². The fourth-order valence-corrected chi connectivity index (χ4v) is 7.64. The van der Waals surface area contributed by atoms with Crippen molar-refractivity contribution in [2.75, 3.05) is 6.61 Å². The normalized spacial score (nSPS) is 38.1. The van der Waals surface area contributed by atoms with Gasteiger partial charge < -0.3 is 14.9 Å². The Hall–Kier alpha value is -1.46. The number of aliphatic hydroxyl groups excluding tert-OH is 2. The van der Waals surface area contributed by atoms with E-state index in [1.165, 1.54) is 12.5 Å². The summed E-state index contributed by atoms with van der Waals surface area (Å²) < 4.78 is 5.44. The second-order valence-corrected chi connectivity index (χ2v) is 12.5. The number of hydrogen-bond acceptors (Lipinski definition) is 5. The largest absolute Gasteiger partial charge is 0.463 e. The highest BCUT2D eigenvalue weighted by Gasteiger charge is 2.57. The molecular formula is C30H48O5. The third-order valence-electron chi connectivity index (χ3n) is 10.1. The van der Waals surface area contributed by atoms with Gasteiger partial charge in [-0.1, -0.05) is 46.8 Å². The van der Waals surface area contributed by atoms with Crippen molar-refractivity contribution in [3.63, 3.8) is 0 Å². The van der Waals surface area contributed by atoms with Gasteiger partial charge in [0.1, 0.15) is 6.10 Å². The van der Waals surface area contributed by atoms with Crippen molar-refractivity contribution in [3.8, 4) is 0 Å². The van der Waals surface area contributed by atoms with Crippen LogP contribution < -0.4 is 0 Å². The third kappa shape index (κ3) is 5.46. The zero-order valence-corrected chi connectivity index (χ0v) is 22.8. The fourth-order valence-electron chi connectivity index (χ4n) is 7.64. The minimum absolute atomic E-state index is 0.0431. The van der Waals surface area contributed by atoms with Crippen LogP contribution in [-0.4, -0.2) is 40.8 Å². The second kappa shape index (κ2) is 10.9. The monoisotopic (exact) mass is 488 g/mol. The third-order valence-corrected chi connectivity index (χ3v) is 10.1. The average molecular weight is 489 g/mol. The molecule has 2 saturated carbocycles. The van der Waals surface area contributed by atoms with Crippen molar-refractivity contribution >= 4 is 11.8 Å². The van der Waals surface area contributed by atoms with E-state index in [-0.39, 0.29) is 41.7 Å². The highest BCUT2D eigenvalue weighted by Crippen LogP contribution is 2.59. The molecule has 35 heavy (non-hydrogen) atoms. The molecule has 5 nitrogen and oxygen atoms in total. The first-order chi connectivity index (χ1) is 16.3. The number of ether oxygens (including phenoxy) is 1. The van der Waals surface area contributed by atoms with E-state index >= 15 is 0 Å². The summed E-state index contributed by atoms with van der Waals surface area (Å²) in [7, 11) is 0. The van der Waals surface area contributed by atoms with E-state index in [9.17, 15) is 19.8 Å². The van der Waals surface area contributed by atoms with Gasteiger partial charge in [0.05, 0.1) is 6.10 Å². The van der Waals surface area contributed by atoms with Crippen LogP contribution in [0.25, 0.3) is 0 Å². The van der Waals surface area contributed by atoms with Gasteiger partial charge in [0.15, 0.2) is 5.78 Å². The van der Waals surface area contributed by atoms with Gasteiger partial charge in [0.25, 0.3) is 0 Å². The molecule has 3 aliphatic carbocycles. The fraction of sp³-hybridized carbons (Fsp3) is 0.800. The molecule has 0 aromatic heterocycles. The zero-order valence-electron chi connectivity index (χ0n) is 22.8. The molecule has 2 N–H and O–H groups in total. The average Bonchev–Trinajstić information content (AvgIpc) is 3.11. The van der Waals surface area contributed by atoms with E-state index in [1.54, 1.807) is 0 Å². The summed E-state index contributed by atoms with van der Waals surface area (Å²) >= 11 is 0. The van der Waals surface area contributed by atoms with Crippen LogP contribution >= 0.6 is 0 Å². The number of ketones is 1. The van der Waals surface area contributed by atoms with Crippen LogP contribution in [0.4, 0.5) is 0 Å². The lowest BCUT2D eigenvalue weighted by molar-refractivity contribution is -0.155. The maximum Gasteiger partial charge on any atom is 0.302 e. The lowest BCUT2D eigenvalue weighted by Crippen LogP contribution is -2.52. The maximum absolute atomic E-state index is 14.0. The lowest BCUT2D eigenvalue weighted by Gasteiger charge is -2.49. The van der Waals surface area contributed by atoms with Crippen molar-refractivity contribution in [1.29, 1.82) is 0 Å². The molecule has 2 fully saturated rings. The van der Waals surface area contributed by atoms with Crippen LogP contribution in [0.15, 0.2) is 23.8 Å². The summed E-state index contributed by atoms with van der Waals surface area (Å²) in [5.74, 6) is 1.02. The molecule has 5 heteroatoms. The van der Waals surface area contributed by atoms with Crippen molar-refractivity contribution in [2.45, 2.75) is 105 Å². The lowest BCUT2D eigenvalue weighted by atomic mass is 9.55. The molecular weight excluding hydrogens is 440 g/mol. The summed E-state index contributed by atoms with van der Waals surface area (Å²) in [6.07, 6.45) is 7.33. The number of aliphatic hydroxyl groups is 2. The molecule has 0 bridgehead atoms. The van der Waals surface area contributed by atoms with Gasteiger partial charge in [0.2, 0.25) is 0 Å². The van der Waals surface area contributed by atoms with E-state index in [0.29, 0.717) is 43.4 Å². The number of fused-ring (bicyclic) bond motifs is 1. The molecule has 3 aliphatic rings. The van der Waals surface area contributed by atoms with Crippen molar-refractivity contribution in [1.82, 2.24) is 0 Å². The number of Topliss-reactive ketones (excluding diaryl/α,β-unsaturated/α-hetero) is 1. The number of rotatable bonds is 9. The van der Waals surface area contributed by atoms with Crippen LogP contribution in [-0.2, 0) is 14.3 Å². The SMILES string of the molecule is C=C(CCC(C)C1CCC(C2=CC(O)C3CC(OC(C)=O)CCC3(C)C2=O)C1(C)CCO)C(C)C. The van der Waals surface area contributed by atoms with Gasteiger partial charge >= 0.3 is 5.97 Å². The molecule has 198 valence electrons. The molecule has 0 aromatic carbocycles. The summed E-state index contributed by atoms with van der Waals surface area (Å²) in [6, 6.07) is 0. The molecule has 0 saturated heterocycles. The number of hydrogen-bond donors (Lipinski definition) is 2. The van der Waals surface area contributed by atoms with Crippen LogP contribution in [0.3, 0.4) is 0 Å². The minimum Gasteiger partial charge on any atom is -0.463 e. The zero-order chi connectivity index (χ0) is 26.1. The minimum atomic E-state index is -0.727. The smallest absolute Gasteiger partial charge is 0.302 e. The summed E-state index contributed by atoms with van der Waals surface area (Å²) in [4.78, 5) is 25.5. The molecule has 3 rings (SSSR count). The Bertz CT molecular complexity index is 844. The Kier molecular flexibility index (Phi) is 8.74. The highest BCUT2D eigenvalue weighted by molar-refractivity contribution is 6.01. The molecule has 0 spiro atoms. The highest BCUT2D eigenvalue weighted by atomic mass is 16.5. The Morgan fingerprint density at radius 2 is 1.91 bits per heavy atom. The topological polar surface area (TPSA) is 83.8 Å². The Morgan fingerprint density at radius 1 is 1.23 bits per heavy atom. The number of carbonyl (C=O) groups excluding carboxylic acids is 2. The van der Waals surface area contributed by atoms with Gasteiger partial charge in [-0.05, 0) is 92.1 Å². The van der Waals surface area contributed by atoms with Crippen LogP contribution in [0.2, 0.25) is 0 Å². The number of esters is 1. The molecule has 0 heterocycles. The van der Waals surface area contributed by atoms with Gasteiger partial charge in [-0.3, -0.25) is 9.59 Å². The Labute approximate surface area is 212 Å². The van der Waals surface area contributed by atoms with Gasteiger partial charge in [-0.2, -0.15) is 0 Å².